The average molecular weight is 267 g/mol. The van der Waals surface area contributed by atoms with Gasteiger partial charge in [-0.05, 0) is 49.2 Å². The Morgan fingerprint density at radius 2 is 2.22 bits per heavy atom. The highest BCUT2D eigenvalue weighted by Gasteiger charge is 2.32. The summed E-state index contributed by atoms with van der Waals surface area (Å²) in [6, 6.07) is 2.11. The molecule has 102 valence electrons. The van der Waals surface area contributed by atoms with Crippen LogP contribution in [-0.4, -0.2) is 21.7 Å². The normalized spacial score (nSPS) is 21.9. The van der Waals surface area contributed by atoms with Gasteiger partial charge < -0.3 is 9.67 Å². The van der Waals surface area contributed by atoms with Gasteiger partial charge in [-0.3, -0.25) is 0 Å². The molecule has 18 heavy (non-hydrogen) atoms. The SMILES string of the molecule is CSCCCCn1ccc2c1CC(C)(C)CC2O. The summed E-state index contributed by atoms with van der Waals surface area (Å²) in [5.74, 6) is 1.25. The van der Waals surface area contributed by atoms with Crippen molar-refractivity contribution >= 4 is 11.8 Å². The Hall–Kier alpha value is -0.410. The molecule has 3 heteroatoms. The zero-order chi connectivity index (χ0) is 13.2. The Balaban J connectivity index is 2.06. The van der Waals surface area contributed by atoms with Gasteiger partial charge in [0.2, 0.25) is 0 Å². The summed E-state index contributed by atoms with van der Waals surface area (Å²) in [7, 11) is 0. The second kappa shape index (κ2) is 5.70. The zero-order valence-corrected chi connectivity index (χ0v) is 12.6. The number of aliphatic hydroxyl groups is 1. The highest BCUT2D eigenvalue weighted by atomic mass is 32.2. The first-order valence-electron chi connectivity index (χ1n) is 6.88. The molecule has 0 amide bonds. The maximum Gasteiger partial charge on any atom is 0.0812 e. The van der Waals surface area contributed by atoms with Crippen molar-refractivity contribution in [1.29, 1.82) is 0 Å². The smallest absolute Gasteiger partial charge is 0.0812 e. The minimum absolute atomic E-state index is 0.224. The Morgan fingerprint density at radius 3 is 2.94 bits per heavy atom. The van der Waals surface area contributed by atoms with E-state index in [1.54, 1.807) is 0 Å². The van der Waals surface area contributed by atoms with Gasteiger partial charge in [0, 0.05) is 24.0 Å². The number of hydrogen-bond acceptors (Lipinski definition) is 2. The van der Waals surface area contributed by atoms with Crippen LogP contribution in [0.5, 0.6) is 0 Å². The molecule has 1 aliphatic carbocycles. The van der Waals surface area contributed by atoms with E-state index in [1.807, 2.05) is 11.8 Å². The minimum atomic E-state index is -0.267. The Kier molecular flexibility index (Phi) is 4.44. The van der Waals surface area contributed by atoms with Crippen LogP contribution in [0.15, 0.2) is 12.3 Å². The topological polar surface area (TPSA) is 25.2 Å². The molecule has 1 atom stereocenters. The van der Waals surface area contributed by atoms with Crippen molar-refractivity contribution in [2.24, 2.45) is 5.41 Å². The molecule has 0 spiro atoms. The molecule has 1 heterocycles. The summed E-state index contributed by atoms with van der Waals surface area (Å²) in [5, 5.41) is 10.2. The second-order valence-electron chi connectivity index (χ2n) is 6.17. The number of aryl methyl sites for hydroxylation is 1. The third-order valence-corrected chi connectivity index (χ3v) is 4.56. The van der Waals surface area contributed by atoms with Gasteiger partial charge in [0.05, 0.1) is 6.10 Å². The number of fused-ring (bicyclic) bond motifs is 1. The lowest BCUT2D eigenvalue weighted by atomic mass is 9.75. The lowest BCUT2D eigenvalue weighted by molar-refractivity contribution is 0.0979. The number of nitrogens with zero attached hydrogens (tertiary/aromatic N) is 1. The predicted molar refractivity (Wildman–Crippen MR) is 79.1 cm³/mol. The largest absolute Gasteiger partial charge is 0.388 e. The molecule has 0 aliphatic heterocycles. The molecule has 0 saturated heterocycles. The number of aromatic nitrogens is 1. The molecule has 0 radical (unpaired) electrons. The minimum Gasteiger partial charge on any atom is -0.388 e. The van der Waals surface area contributed by atoms with Crippen molar-refractivity contribution in [3.05, 3.63) is 23.5 Å². The predicted octanol–water partition coefficient (Wildman–Crippen LogP) is 3.64. The fourth-order valence-corrected chi connectivity index (χ4v) is 3.42. The van der Waals surface area contributed by atoms with Crippen LogP contribution in [0.25, 0.3) is 0 Å². The Bertz CT molecular complexity index is 397. The van der Waals surface area contributed by atoms with Crippen LogP contribution in [-0.2, 0) is 13.0 Å². The van der Waals surface area contributed by atoms with E-state index in [0.29, 0.717) is 0 Å². The van der Waals surface area contributed by atoms with E-state index in [4.69, 9.17) is 0 Å². The lowest BCUT2D eigenvalue weighted by Crippen LogP contribution is -2.26. The second-order valence-corrected chi connectivity index (χ2v) is 7.16. The molecule has 0 fully saturated rings. The summed E-state index contributed by atoms with van der Waals surface area (Å²) in [6.07, 6.45) is 8.55. The summed E-state index contributed by atoms with van der Waals surface area (Å²) in [5.41, 5.74) is 2.75. The first kappa shape index (κ1) is 14.0. The highest BCUT2D eigenvalue weighted by Crippen LogP contribution is 2.41. The van der Waals surface area contributed by atoms with E-state index in [2.05, 4.69) is 36.9 Å². The molecular formula is C15H25NOS. The van der Waals surface area contributed by atoms with Crippen LogP contribution in [0.2, 0.25) is 0 Å². The molecule has 0 aromatic carbocycles. The standard InChI is InChI=1S/C15H25NOS/c1-15(2)10-13-12(14(17)11-15)6-8-16(13)7-4-5-9-18-3/h6,8,14,17H,4-5,7,9-11H2,1-3H3. The third kappa shape index (κ3) is 3.12. The quantitative estimate of drug-likeness (QED) is 0.824. The van der Waals surface area contributed by atoms with Crippen molar-refractivity contribution in [3.8, 4) is 0 Å². The summed E-state index contributed by atoms with van der Waals surface area (Å²) >= 11 is 1.92. The first-order chi connectivity index (χ1) is 8.53. The van der Waals surface area contributed by atoms with Crippen LogP contribution in [0.4, 0.5) is 0 Å². The van der Waals surface area contributed by atoms with Gasteiger partial charge in [-0.2, -0.15) is 11.8 Å². The van der Waals surface area contributed by atoms with Crippen molar-refractivity contribution < 1.29 is 5.11 Å². The molecule has 1 aliphatic rings. The molecular weight excluding hydrogens is 242 g/mol. The zero-order valence-electron chi connectivity index (χ0n) is 11.8. The fourth-order valence-electron chi connectivity index (χ4n) is 2.93. The summed E-state index contributed by atoms with van der Waals surface area (Å²) in [4.78, 5) is 0. The van der Waals surface area contributed by atoms with E-state index < -0.39 is 0 Å². The molecule has 0 bridgehead atoms. The monoisotopic (exact) mass is 267 g/mol. The average Bonchev–Trinajstić information content (AvgIpc) is 2.66. The van der Waals surface area contributed by atoms with Gasteiger partial charge in [0.1, 0.15) is 0 Å². The van der Waals surface area contributed by atoms with Crippen LogP contribution in [0.3, 0.4) is 0 Å². The molecule has 1 N–H and O–H groups in total. The maximum atomic E-state index is 10.2. The maximum absolute atomic E-state index is 10.2. The lowest BCUT2D eigenvalue weighted by Gasteiger charge is -2.34. The summed E-state index contributed by atoms with van der Waals surface area (Å²) in [6.45, 7) is 5.60. The fraction of sp³-hybridized carbons (Fsp3) is 0.733. The van der Waals surface area contributed by atoms with Crippen molar-refractivity contribution in [1.82, 2.24) is 4.57 Å². The molecule has 1 unspecified atom stereocenters. The summed E-state index contributed by atoms with van der Waals surface area (Å²) < 4.78 is 2.36. The van der Waals surface area contributed by atoms with Gasteiger partial charge in [0.15, 0.2) is 0 Å². The van der Waals surface area contributed by atoms with E-state index >= 15 is 0 Å². The van der Waals surface area contributed by atoms with E-state index in [-0.39, 0.29) is 11.5 Å². The molecule has 1 aromatic heterocycles. The van der Waals surface area contributed by atoms with Crippen LogP contribution in [0.1, 0.15) is 50.5 Å². The van der Waals surface area contributed by atoms with Gasteiger partial charge in [-0.25, -0.2) is 0 Å². The number of thioether (sulfide) groups is 1. The van der Waals surface area contributed by atoms with Crippen molar-refractivity contribution in [3.63, 3.8) is 0 Å². The van der Waals surface area contributed by atoms with Gasteiger partial charge in [0.25, 0.3) is 0 Å². The number of aliphatic hydroxyl groups excluding tert-OH is 1. The van der Waals surface area contributed by atoms with Gasteiger partial charge in [-0.15, -0.1) is 0 Å². The van der Waals surface area contributed by atoms with E-state index in [9.17, 15) is 5.11 Å². The molecule has 2 rings (SSSR count). The number of unbranched alkanes of at least 4 members (excludes halogenated alkanes) is 1. The molecule has 1 aromatic rings. The van der Waals surface area contributed by atoms with E-state index in [1.165, 1.54) is 29.9 Å². The van der Waals surface area contributed by atoms with Crippen LogP contribution >= 0.6 is 11.8 Å². The highest BCUT2D eigenvalue weighted by molar-refractivity contribution is 7.98. The Morgan fingerprint density at radius 1 is 1.44 bits per heavy atom. The van der Waals surface area contributed by atoms with Crippen molar-refractivity contribution in [2.75, 3.05) is 12.0 Å². The number of hydrogen-bond donors (Lipinski definition) is 1. The van der Waals surface area contributed by atoms with E-state index in [0.717, 1.165) is 19.4 Å². The Labute approximate surface area is 115 Å². The molecule has 0 saturated carbocycles. The van der Waals surface area contributed by atoms with Crippen LogP contribution < -0.4 is 0 Å². The third-order valence-electron chi connectivity index (χ3n) is 3.86. The van der Waals surface area contributed by atoms with Gasteiger partial charge in [-0.1, -0.05) is 13.8 Å². The van der Waals surface area contributed by atoms with Gasteiger partial charge >= 0.3 is 0 Å². The number of rotatable bonds is 5. The van der Waals surface area contributed by atoms with Crippen molar-refractivity contribution in [2.45, 2.75) is 52.2 Å². The molecule has 2 nitrogen and oxygen atoms in total. The van der Waals surface area contributed by atoms with Crippen LogP contribution in [0, 0.1) is 5.41 Å². The first-order valence-corrected chi connectivity index (χ1v) is 8.28.